The summed E-state index contributed by atoms with van der Waals surface area (Å²) < 4.78 is 0. The van der Waals surface area contributed by atoms with Crippen LogP contribution in [0.15, 0.2) is 0 Å². The van der Waals surface area contributed by atoms with Crippen LogP contribution < -0.4 is 5.32 Å². The second kappa shape index (κ2) is 17.3. The molecule has 1 N–H and O–H groups in total. The second-order valence-electron chi connectivity index (χ2n) is 5.28. The fourth-order valence-electron chi connectivity index (χ4n) is 2.18. The molecule has 1 nitrogen and oxygen atoms in total. The van der Waals surface area contributed by atoms with E-state index in [9.17, 15) is 0 Å². The Kier molecular flexibility index (Phi) is 17.6. The maximum absolute atomic E-state index is 3.57. The Morgan fingerprint density at radius 2 is 1.17 bits per heavy atom. The van der Waals surface area contributed by atoms with E-state index < -0.39 is 0 Å². The third-order valence-corrected chi connectivity index (χ3v) is 4.11. The van der Waals surface area contributed by atoms with Crippen LogP contribution in [0.5, 0.6) is 0 Å². The van der Waals surface area contributed by atoms with Crippen molar-refractivity contribution in [1.29, 1.82) is 0 Å². The SMILES string of the molecule is CCCCCCCCCNCCCCCCSC. The number of thioether (sulfide) groups is 1. The topological polar surface area (TPSA) is 12.0 Å². The van der Waals surface area contributed by atoms with Crippen molar-refractivity contribution in [2.75, 3.05) is 25.1 Å². The minimum Gasteiger partial charge on any atom is -0.317 e. The Hall–Kier alpha value is 0.310. The molecule has 0 aliphatic heterocycles. The molecule has 110 valence electrons. The summed E-state index contributed by atoms with van der Waals surface area (Å²) in [6, 6.07) is 0. The van der Waals surface area contributed by atoms with Gasteiger partial charge in [-0.1, -0.05) is 58.3 Å². The van der Waals surface area contributed by atoms with Crippen LogP contribution in [0.25, 0.3) is 0 Å². The van der Waals surface area contributed by atoms with Crippen LogP contribution in [0, 0.1) is 0 Å². The molecule has 0 heterocycles. The summed E-state index contributed by atoms with van der Waals surface area (Å²) in [6.45, 7) is 4.75. The van der Waals surface area contributed by atoms with Gasteiger partial charge in [-0.3, -0.25) is 0 Å². The quantitative estimate of drug-likeness (QED) is 0.409. The molecule has 18 heavy (non-hydrogen) atoms. The van der Waals surface area contributed by atoms with E-state index in [1.807, 2.05) is 11.8 Å². The van der Waals surface area contributed by atoms with Gasteiger partial charge in [0.1, 0.15) is 0 Å². The number of hydrogen-bond acceptors (Lipinski definition) is 2. The monoisotopic (exact) mass is 273 g/mol. The molecule has 0 aromatic heterocycles. The van der Waals surface area contributed by atoms with Gasteiger partial charge in [-0.15, -0.1) is 0 Å². The van der Waals surface area contributed by atoms with E-state index in [4.69, 9.17) is 0 Å². The highest BCUT2D eigenvalue weighted by Gasteiger charge is 1.92. The molecule has 0 rings (SSSR count). The Bertz CT molecular complexity index is 123. The lowest BCUT2D eigenvalue weighted by molar-refractivity contribution is 0.547. The molecule has 0 bridgehead atoms. The predicted octanol–water partition coefficient (Wildman–Crippen LogP) is 5.25. The number of nitrogens with one attached hydrogen (secondary N) is 1. The first-order valence-electron chi connectivity index (χ1n) is 8.11. The second-order valence-corrected chi connectivity index (χ2v) is 6.26. The molecule has 0 fully saturated rings. The average molecular weight is 274 g/mol. The van der Waals surface area contributed by atoms with Gasteiger partial charge in [0.2, 0.25) is 0 Å². The first kappa shape index (κ1) is 18.3. The standard InChI is InChI=1S/C16H35NS/c1-3-4-5-6-7-8-11-14-17-15-12-9-10-13-16-18-2/h17H,3-16H2,1-2H3. The van der Waals surface area contributed by atoms with Gasteiger partial charge in [0.05, 0.1) is 0 Å². The van der Waals surface area contributed by atoms with E-state index >= 15 is 0 Å². The predicted molar refractivity (Wildman–Crippen MR) is 87.7 cm³/mol. The lowest BCUT2D eigenvalue weighted by atomic mass is 10.1. The molecular weight excluding hydrogens is 238 g/mol. The average Bonchev–Trinajstić information content (AvgIpc) is 2.39. The van der Waals surface area contributed by atoms with Crippen LogP contribution in [0.4, 0.5) is 0 Å². The zero-order valence-electron chi connectivity index (χ0n) is 12.8. The van der Waals surface area contributed by atoms with Crippen molar-refractivity contribution >= 4 is 11.8 Å². The zero-order chi connectivity index (χ0) is 13.3. The fourth-order valence-corrected chi connectivity index (χ4v) is 2.67. The lowest BCUT2D eigenvalue weighted by Gasteiger charge is -2.05. The first-order valence-corrected chi connectivity index (χ1v) is 9.50. The van der Waals surface area contributed by atoms with E-state index in [0.717, 1.165) is 0 Å². The highest BCUT2D eigenvalue weighted by molar-refractivity contribution is 7.98. The summed E-state index contributed by atoms with van der Waals surface area (Å²) in [5.74, 6) is 1.34. The van der Waals surface area contributed by atoms with E-state index in [1.165, 1.54) is 89.5 Å². The van der Waals surface area contributed by atoms with Gasteiger partial charge in [-0.05, 0) is 44.4 Å². The van der Waals surface area contributed by atoms with Gasteiger partial charge in [-0.2, -0.15) is 11.8 Å². The van der Waals surface area contributed by atoms with Crippen molar-refractivity contribution < 1.29 is 0 Å². The molecule has 0 amide bonds. The third kappa shape index (κ3) is 16.3. The summed E-state index contributed by atoms with van der Waals surface area (Å²) in [5.41, 5.74) is 0. The number of unbranched alkanes of at least 4 members (excludes halogenated alkanes) is 9. The van der Waals surface area contributed by atoms with E-state index in [-0.39, 0.29) is 0 Å². The van der Waals surface area contributed by atoms with Crippen molar-refractivity contribution in [3.8, 4) is 0 Å². The van der Waals surface area contributed by atoms with Crippen LogP contribution in [0.2, 0.25) is 0 Å². The Balaban J connectivity index is 2.86. The molecule has 2 heteroatoms. The minimum absolute atomic E-state index is 1.23. The maximum atomic E-state index is 3.57. The van der Waals surface area contributed by atoms with Crippen molar-refractivity contribution in [1.82, 2.24) is 5.32 Å². The highest BCUT2D eigenvalue weighted by atomic mass is 32.2. The molecule has 0 aliphatic carbocycles. The maximum Gasteiger partial charge on any atom is -0.00489 e. The first-order chi connectivity index (χ1) is 8.91. The largest absolute Gasteiger partial charge is 0.317 e. The zero-order valence-corrected chi connectivity index (χ0v) is 13.6. The molecule has 0 radical (unpaired) electrons. The minimum atomic E-state index is 1.23. The summed E-state index contributed by atoms with van der Waals surface area (Å²) in [6.07, 6.45) is 17.7. The van der Waals surface area contributed by atoms with Gasteiger partial charge in [0.25, 0.3) is 0 Å². The van der Waals surface area contributed by atoms with Crippen molar-refractivity contribution in [2.24, 2.45) is 0 Å². The highest BCUT2D eigenvalue weighted by Crippen LogP contribution is 2.06. The molecular formula is C16H35NS. The van der Waals surface area contributed by atoms with Crippen LogP contribution in [-0.4, -0.2) is 25.1 Å². The van der Waals surface area contributed by atoms with E-state index in [0.29, 0.717) is 0 Å². The van der Waals surface area contributed by atoms with Crippen molar-refractivity contribution in [2.45, 2.75) is 77.6 Å². The van der Waals surface area contributed by atoms with Gasteiger partial charge in [-0.25, -0.2) is 0 Å². The van der Waals surface area contributed by atoms with Crippen LogP contribution in [0.3, 0.4) is 0 Å². The van der Waals surface area contributed by atoms with E-state index in [2.05, 4.69) is 18.5 Å². The Labute approximate surface area is 120 Å². The summed E-state index contributed by atoms with van der Waals surface area (Å²) in [5, 5.41) is 3.57. The molecule has 0 unspecified atom stereocenters. The van der Waals surface area contributed by atoms with Gasteiger partial charge in [0, 0.05) is 0 Å². The van der Waals surface area contributed by atoms with Gasteiger partial charge < -0.3 is 5.32 Å². The molecule has 0 aliphatic rings. The van der Waals surface area contributed by atoms with Crippen molar-refractivity contribution in [3.63, 3.8) is 0 Å². The van der Waals surface area contributed by atoms with Crippen LogP contribution in [-0.2, 0) is 0 Å². The number of hydrogen-bond donors (Lipinski definition) is 1. The summed E-state index contributed by atoms with van der Waals surface area (Å²) >= 11 is 1.97. The molecule has 0 saturated heterocycles. The van der Waals surface area contributed by atoms with Gasteiger partial charge >= 0.3 is 0 Å². The fraction of sp³-hybridized carbons (Fsp3) is 1.00. The normalized spacial score (nSPS) is 11.0. The Morgan fingerprint density at radius 1 is 0.667 bits per heavy atom. The van der Waals surface area contributed by atoms with E-state index in [1.54, 1.807) is 0 Å². The molecule has 0 aromatic carbocycles. The van der Waals surface area contributed by atoms with Crippen molar-refractivity contribution in [3.05, 3.63) is 0 Å². The molecule has 0 aromatic rings. The lowest BCUT2D eigenvalue weighted by Crippen LogP contribution is -2.16. The molecule has 0 atom stereocenters. The van der Waals surface area contributed by atoms with Crippen LogP contribution >= 0.6 is 11.8 Å². The summed E-state index contributed by atoms with van der Waals surface area (Å²) in [7, 11) is 0. The van der Waals surface area contributed by atoms with Crippen LogP contribution in [0.1, 0.15) is 77.6 Å². The molecule has 0 spiro atoms. The molecule has 0 saturated carbocycles. The smallest absolute Gasteiger partial charge is 0.00489 e. The summed E-state index contributed by atoms with van der Waals surface area (Å²) in [4.78, 5) is 0. The Morgan fingerprint density at radius 3 is 1.72 bits per heavy atom. The number of rotatable bonds is 15. The van der Waals surface area contributed by atoms with Gasteiger partial charge in [0.15, 0.2) is 0 Å². The third-order valence-electron chi connectivity index (χ3n) is 3.41.